The van der Waals surface area contributed by atoms with Crippen LogP contribution in [-0.4, -0.2) is 9.97 Å². The molecule has 0 unspecified atom stereocenters. The molecule has 5 heteroatoms. The Morgan fingerprint density at radius 2 is 2.09 bits per heavy atom. The van der Waals surface area contributed by atoms with Crippen molar-refractivity contribution in [1.82, 2.24) is 9.97 Å². The van der Waals surface area contributed by atoms with Gasteiger partial charge in [-0.05, 0) is 11.6 Å². The van der Waals surface area contributed by atoms with Crippen molar-refractivity contribution in [3.05, 3.63) is 34.7 Å². The van der Waals surface area contributed by atoms with Gasteiger partial charge in [-0.25, -0.2) is 9.97 Å². The van der Waals surface area contributed by atoms with E-state index < -0.39 is 0 Å². The van der Waals surface area contributed by atoms with Crippen molar-refractivity contribution >= 4 is 0 Å². The third kappa shape index (κ3) is 3.17. The minimum Gasteiger partial charge on any atom is -0.241 e. The van der Waals surface area contributed by atoms with E-state index in [1.807, 2.05) is 0 Å². The lowest BCUT2D eigenvalue weighted by molar-refractivity contribution is 0.900. The summed E-state index contributed by atoms with van der Waals surface area (Å²) in [4.78, 5) is 10.3. The van der Waals surface area contributed by atoms with E-state index in [4.69, 9.17) is 5.53 Å². The molecule has 0 radical (unpaired) electrons. The van der Waals surface area contributed by atoms with E-state index in [2.05, 4.69) is 20.0 Å². The van der Waals surface area contributed by atoms with Gasteiger partial charge in [0.25, 0.3) is 0 Å². The minimum atomic E-state index is 0. The molecule has 5 nitrogen and oxygen atoms in total. The highest BCUT2D eigenvalue weighted by molar-refractivity contribution is 4.87. The Balaban J connectivity index is 0.000001000. The first-order valence-corrected chi connectivity index (χ1v) is 2.70. The van der Waals surface area contributed by atoms with E-state index in [1.54, 1.807) is 18.5 Å². The number of rotatable bonds is 2. The summed E-state index contributed by atoms with van der Waals surface area (Å²) in [6, 6.07) is 1.71. The first-order chi connectivity index (χ1) is 4.93. The second kappa shape index (κ2) is 5.20. The van der Waals surface area contributed by atoms with Crippen molar-refractivity contribution < 1.29 is 0 Å². The fourth-order valence-electron chi connectivity index (χ4n) is 0.506. The fraction of sp³-hybridized carbons (Fsp3) is 0.333. The van der Waals surface area contributed by atoms with Gasteiger partial charge in [0.1, 0.15) is 5.82 Å². The highest BCUT2D eigenvalue weighted by Gasteiger charge is 1.87. The SMILES string of the molecule is C.[N-]=[N+]=NCc1ncccn1. The molecule has 0 atom stereocenters. The first kappa shape index (κ1) is 9.39. The van der Waals surface area contributed by atoms with E-state index in [0.29, 0.717) is 5.82 Å². The number of nitrogens with zero attached hydrogens (tertiary/aromatic N) is 5. The van der Waals surface area contributed by atoms with E-state index in [1.165, 1.54) is 0 Å². The zero-order valence-corrected chi connectivity index (χ0v) is 5.18. The molecule has 0 spiro atoms. The molecule has 1 heterocycles. The number of azide groups is 1. The summed E-state index contributed by atoms with van der Waals surface area (Å²) in [5.41, 5.74) is 7.93. The van der Waals surface area contributed by atoms with E-state index in [-0.39, 0.29) is 14.0 Å². The number of hydrogen-bond acceptors (Lipinski definition) is 3. The lowest BCUT2D eigenvalue weighted by Gasteiger charge is -1.88. The van der Waals surface area contributed by atoms with Gasteiger partial charge in [-0.15, -0.1) is 0 Å². The monoisotopic (exact) mass is 151 g/mol. The Morgan fingerprint density at radius 1 is 1.45 bits per heavy atom. The quantitative estimate of drug-likeness (QED) is 0.368. The summed E-state index contributed by atoms with van der Waals surface area (Å²) in [5.74, 6) is 0.542. The smallest absolute Gasteiger partial charge is 0.134 e. The molecule has 0 fully saturated rings. The Morgan fingerprint density at radius 3 is 2.64 bits per heavy atom. The molecule has 0 bridgehead atoms. The molecule has 0 saturated heterocycles. The summed E-state index contributed by atoms with van der Waals surface area (Å²) in [5, 5.41) is 3.30. The van der Waals surface area contributed by atoms with Crippen molar-refractivity contribution in [2.24, 2.45) is 5.11 Å². The van der Waals surface area contributed by atoms with Gasteiger partial charge in [0, 0.05) is 17.3 Å². The van der Waals surface area contributed by atoms with Gasteiger partial charge in [-0.3, -0.25) is 0 Å². The summed E-state index contributed by atoms with van der Waals surface area (Å²) in [7, 11) is 0. The van der Waals surface area contributed by atoms with Crippen molar-refractivity contribution in [2.75, 3.05) is 0 Å². The van der Waals surface area contributed by atoms with E-state index >= 15 is 0 Å². The molecule has 0 N–H and O–H groups in total. The van der Waals surface area contributed by atoms with Crippen LogP contribution in [0.4, 0.5) is 0 Å². The summed E-state index contributed by atoms with van der Waals surface area (Å²) >= 11 is 0. The van der Waals surface area contributed by atoms with Gasteiger partial charge in [0.15, 0.2) is 0 Å². The van der Waals surface area contributed by atoms with Crippen molar-refractivity contribution in [1.29, 1.82) is 0 Å². The van der Waals surface area contributed by atoms with Gasteiger partial charge in [0.2, 0.25) is 0 Å². The van der Waals surface area contributed by atoms with Crippen LogP contribution in [0.5, 0.6) is 0 Å². The fourth-order valence-corrected chi connectivity index (χ4v) is 0.506. The molecule has 0 aliphatic rings. The predicted molar refractivity (Wildman–Crippen MR) is 41.6 cm³/mol. The van der Waals surface area contributed by atoms with Gasteiger partial charge in [0.05, 0.1) is 6.54 Å². The van der Waals surface area contributed by atoms with Gasteiger partial charge < -0.3 is 0 Å². The van der Waals surface area contributed by atoms with Crippen LogP contribution in [0.2, 0.25) is 0 Å². The van der Waals surface area contributed by atoms with Gasteiger partial charge >= 0.3 is 0 Å². The second-order valence-electron chi connectivity index (χ2n) is 1.55. The Bertz CT molecular complexity index is 238. The zero-order chi connectivity index (χ0) is 7.23. The molecule has 1 rings (SSSR count). The van der Waals surface area contributed by atoms with Crippen LogP contribution < -0.4 is 0 Å². The standard InChI is InChI=1S/C5H5N5.CH4/c6-10-9-4-5-7-2-1-3-8-5;/h1-3H,4H2;1H4. The van der Waals surface area contributed by atoms with Crippen LogP contribution in [0.15, 0.2) is 23.6 Å². The number of hydrogen-bond donors (Lipinski definition) is 0. The Labute approximate surface area is 64.7 Å². The summed E-state index contributed by atoms with van der Waals surface area (Å²) in [6.07, 6.45) is 3.21. The average molecular weight is 151 g/mol. The lowest BCUT2D eigenvalue weighted by Crippen LogP contribution is -1.88. The lowest BCUT2D eigenvalue weighted by atomic mass is 10.6. The molecule has 0 amide bonds. The van der Waals surface area contributed by atoms with Gasteiger partial charge in [-0.1, -0.05) is 12.5 Å². The molecule has 0 saturated carbocycles. The molecule has 11 heavy (non-hydrogen) atoms. The topological polar surface area (TPSA) is 74.5 Å². The maximum Gasteiger partial charge on any atom is 0.134 e. The van der Waals surface area contributed by atoms with Crippen LogP contribution in [-0.2, 0) is 6.54 Å². The Kier molecular flexibility index (Phi) is 4.44. The Hall–Kier alpha value is -1.61. The molecule has 1 aromatic rings. The third-order valence-electron chi connectivity index (χ3n) is 0.895. The predicted octanol–water partition coefficient (Wildman–Crippen LogP) is 1.92. The highest BCUT2D eigenvalue weighted by atomic mass is 15.1. The normalized spacial score (nSPS) is 7.64. The van der Waals surface area contributed by atoms with Gasteiger partial charge in [-0.2, -0.15) is 0 Å². The summed E-state index contributed by atoms with van der Waals surface area (Å²) < 4.78 is 0. The van der Waals surface area contributed by atoms with Crippen molar-refractivity contribution in [3.63, 3.8) is 0 Å². The van der Waals surface area contributed by atoms with Crippen molar-refractivity contribution in [2.45, 2.75) is 14.0 Å². The molecule has 0 aromatic carbocycles. The second-order valence-corrected chi connectivity index (χ2v) is 1.55. The maximum atomic E-state index is 7.93. The number of aromatic nitrogens is 2. The van der Waals surface area contributed by atoms with Crippen LogP contribution in [0, 0.1) is 0 Å². The van der Waals surface area contributed by atoms with Crippen LogP contribution in [0.25, 0.3) is 10.4 Å². The highest BCUT2D eigenvalue weighted by Crippen LogP contribution is 1.89. The molecule has 1 aromatic heterocycles. The van der Waals surface area contributed by atoms with Crippen LogP contribution in [0.1, 0.15) is 13.3 Å². The van der Waals surface area contributed by atoms with E-state index in [0.717, 1.165) is 0 Å². The first-order valence-electron chi connectivity index (χ1n) is 2.70. The molecular weight excluding hydrogens is 142 g/mol. The zero-order valence-electron chi connectivity index (χ0n) is 5.18. The van der Waals surface area contributed by atoms with Crippen LogP contribution >= 0.6 is 0 Å². The summed E-state index contributed by atoms with van der Waals surface area (Å²) in [6.45, 7) is 0.220. The molecule has 0 aliphatic heterocycles. The average Bonchev–Trinajstić information content (AvgIpc) is 2.03. The largest absolute Gasteiger partial charge is 0.241 e. The third-order valence-corrected chi connectivity index (χ3v) is 0.895. The molecular formula is C6H9N5. The molecule has 0 aliphatic carbocycles. The minimum absolute atomic E-state index is 0. The van der Waals surface area contributed by atoms with Crippen LogP contribution in [0.3, 0.4) is 0 Å². The molecule has 58 valence electrons. The van der Waals surface area contributed by atoms with Crippen molar-refractivity contribution in [3.8, 4) is 0 Å². The maximum absolute atomic E-state index is 7.93. The van der Waals surface area contributed by atoms with E-state index in [9.17, 15) is 0 Å².